The van der Waals surface area contributed by atoms with Crippen LogP contribution in [-0.2, 0) is 23.4 Å². The molecule has 0 spiro atoms. The van der Waals surface area contributed by atoms with Crippen molar-refractivity contribution in [3.63, 3.8) is 0 Å². The number of rotatable bonds is 13. The molecule has 1 aromatic carbocycles. The van der Waals surface area contributed by atoms with Crippen LogP contribution in [0.15, 0.2) is 36.7 Å². The van der Waals surface area contributed by atoms with E-state index in [0.29, 0.717) is 5.82 Å². The maximum absolute atomic E-state index is 16.1. The van der Waals surface area contributed by atoms with Crippen LogP contribution in [0.2, 0.25) is 0 Å². The van der Waals surface area contributed by atoms with E-state index in [1.54, 1.807) is 25.1 Å². The number of alkyl halides is 2. The third-order valence-electron chi connectivity index (χ3n) is 6.74. The van der Waals surface area contributed by atoms with Crippen molar-refractivity contribution in [3.05, 3.63) is 36.7 Å². The second-order valence-electron chi connectivity index (χ2n) is 10.0. The summed E-state index contributed by atoms with van der Waals surface area (Å²) in [7, 11) is -4.37. The third kappa shape index (κ3) is 6.17. The number of fused-ring (bicyclic) bond motifs is 1. The summed E-state index contributed by atoms with van der Waals surface area (Å²) in [5.41, 5.74) is 3.22. The fraction of sp³-hybridized carbons (Fsp3) is 0.520. The third-order valence-corrected chi connectivity index (χ3v) is 8.39. The number of nitrogens with zero attached hydrogens (tertiary/aromatic N) is 4. The second kappa shape index (κ2) is 12.1. The van der Waals surface area contributed by atoms with Gasteiger partial charge in [-0.15, -0.1) is 0 Å². The fourth-order valence-corrected chi connectivity index (χ4v) is 5.95. The molecule has 6 atom stereocenters. The van der Waals surface area contributed by atoms with Crippen molar-refractivity contribution in [1.82, 2.24) is 24.6 Å². The smallest absolute Gasteiger partial charge is 0.459 e. The summed E-state index contributed by atoms with van der Waals surface area (Å²) in [4.78, 5) is 24.8. The highest BCUT2D eigenvalue weighted by Gasteiger charge is 2.59. The Morgan fingerprint density at radius 3 is 2.74 bits per heavy atom. The first kappa shape index (κ1) is 30.0. The number of nitrogens with two attached hydrogens (primary N) is 1. The molecule has 2 fully saturated rings. The van der Waals surface area contributed by atoms with E-state index in [2.05, 4.69) is 25.4 Å². The lowest BCUT2D eigenvalue weighted by Crippen LogP contribution is -2.45. The van der Waals surface area contributed by atoms with E-state index < -0.39 is 57.1 Å². The summed E-state index contributed by atoms with van der Waals surface area (Å²) in [6.07, 6.45) is -2.28. The van der Waals surface area contributed by atoms with E-state index >= 15 is 4.39 Å². The van der Waals surface area contributed by atoms with Gasteiger partial charge in [0.05, 0.1) is 19.5 Å². The number of benzene rings is 1. The minimum absolute atomic E-state index is 0.0582. The summed E-state index contributed by atoms with van der Waals surface area (Å²) in [6, 6.07) is 7.02. The first-order valence-electron chi connectivity index (χ1n) is 13.4. The number of aliphatic hydroxyl groups excluding tert-OH is 1. The number of carbonyl (C=O) groups excluding carboxylic acids is 1. The van der Waals surface area contributed by atoms with Crippen molar-refractivity contribution in [3.8, 4) is 5.75 Å². The van der Waals surface area contributed by atoms with Gasteiger partial charge in [0.25, 0.3) is 0 Å². The highest BCUT2D eigenvalue weighted by Crippen LogP contribution is 2.48. The van der Waals surface area contributed by atoms with Crippen LogP contribution in [0, 0.1) is 0 Å². The molecule has 1 unspecified atom stereocenters. The fourth-order valence-electron chi connectivity index (χ4n) is 4.45. The van der Waals surface area contributed by atoms with Crippen molar-refractivity contribution in [2.24, 2.45) is 0 Å². The zero-order valence-electron chi connectivity index (χ0n) is 22.9. The van der Waals surface area contributed by atoms with Crippen LogP contribution in [0.3, 0.4) is 0 Å². The molecule has 5 rings (SSSR count). The standard InChI is InChI=1S/C25H32F2N7O7P/c1-3-38-22(36)14(2)33-42(37,41-16-7-5-4-6-8-16)39-11-17-19(35)25(27,12-26)23(40-17)34-13-29-18-20(30-15-9-10-15)31-24(28)32-21(18)34/h4-8,13-15,17,19,23,35H,3,9-12H2,1-2H3,(H,33,37)(H3,28,30,31,32)/t14?,17-,19-,23-,25-,42-/m1/s1. The number of carbonyl (C=O) groups is 1. The van der Waals surface area contributed by atoms with Crippen molar-refractivity contribution in [2.75, 3.05) is 30.9 Å². The number of anilines is 2. The van der Waals surface area contributed by atoms with E-state index in [1.807, 2.05) is 0 Å². The molecule has 3 heterocycles. The molecule has 1 aliphatic heterocycles. The number of halogens is 2. The molecule has 0 bridgehead atoms. The second-order valence-corrected chi connectivity index (χ2v) is 11.7. The van der Waals surface area contributed by atoms with Crippen LogP contribution in [0.5, 0.6) is 5.75 Å². The molecule has 0 radical (unpaired) electrons. The van der Waals surface area contributed by atoms with Gasteiger partial charge in [0.1, 0.15) is 30.7 Å². The van der Waals surface area contributed by atoms with Crippen LogP contribution in [0.4, 0.5) is 20.5 Å². The number of nitrogen functional groups attached to an aromatic ring is 1. The summed E-state index contributed by atoms with van der Waals surface area (Å²) in [6.45, 7) is 0.726. The predicted octanol–water partition coefficient (Wildman–Crippen LogP) is 2.66. The van der Waals surface area contributed by atoms with Crippen LogP contribution in [0.25, 0.3) is 11.2 Å². The number of hydrogen-bond donors (Lipinski definition) is 4. The van der Waals surface area contributed by atoms with E-state index in [1.165, 1.54) is 25.4 Å². The predicted molar refractivity (Wildman–Crippen MR) is 146 cm³/mol. The number of esters is 1. The first-order valence-corrected chi connectivity index (χ1v) is 14.9. The maximum Gasteiger partial charge on any atom is 0.459 e. The van der Waals surface area contributed by atoms with Gasteiger partial charge in [0.15, 0.2) is 23.2 Å². The quantitative estimate of drug-likeness (QED) is 0.163. The van der Waals surface area contributed by atoms with Gasteiger partial charge in [-0.2, -0.15) is 15.1 Å². The topological polar surface area (TPSA) is 185 Å². The number of aliphatic hydroxyl groups is 1. The monoisotopic (exact) mass is 611 g/mol. The summed E-state index contributed by atoms with van der Waals surface area (Å²) in [5, 5.41) is 16.5. The number of para-hydroxylation sites is 1. The molecule has 1 saturated heterocycles. The van der Waals surface area contributed by atoms with Gasteiger partial charge < -0.3 is 30.2 Å². The average Bonchev–Trinajstić information content (AvgIpc) is 3.62. The minimum atomic E-state index is -4.37. The van der Waals surface area contributed by atoms with Crippen LogP contribution >= 0.6 is 7.75 Å². The zero-order chi connectivity index (χ0) is 30.1. The molecule has 5 N–H and O–H groups in total. The molecule has 1 saturated carbocycles. The van der Waals surface area contributed by atoms with Gasteiger partial charge in [-0.05, 0) is 38.8 Å². The Morgan fingerprint density at radius 2 is 2.07 bits per heavy atom. The average molecular weight is 612 g/mol. The van der Waals surface area contributed by atoms with E-state index in [9.17, 15) is 18.9 Å². The summed E-state index contributed by atoms with van der Waals surface area (Å²) < 4.78 is 67.0. The Labute approximate surface area is 239 Å². The first-order chi connectivity index (χ1) is 20.1. The Kier molecular flexibility index (Phi) is 8.62. The highest BCUT2D eigenvalue weighted by atomic mass is 31.2. The summed E-state index contributed by atoms with van der Waals surface area (Å²) in [5.74, 6) is -0.380. The molecular weight excluding hydrogens is 579 g/mol. The Morgan fingerprint density at radius 1 is 1.33 bits per heavy atom. The largest absolute Gasteiger partial charge is 0.465 e. The molecule has 0 amide bonds. The Bertz CT molecular complexity index is 1460. The van der Waals surface area contributed by atoms with Gasteiger partial charge in [-0.1, -0.05) is 18.2 Å². The lowest BCUT2D eigenvalue weighted by Gasteiger charge is -2.26. The van der Waals surface area contributed by atoms with Crippen LogP contribution in [0.1, 0.15) is 32.9 Å². The maximum atomic E-state index is 16.1. The molecule has 3 aromatic rings. The zero-order valence-corrected chi connectivity index (χ0v) is 23.7. The summed E-state index contributed by atoms with van der Waals surface area (Å²) >= 11 is 0. The van der Waals surface area contributed by atoms with Gasteiger partial charge >= 0.3 is 13.7 Å². The SMILES string of the molecule is CCOC(=O)C(C)N[P@@](=O)(OC[C@H]1O[C@@H](n2cnc3c(NC4CC4)nc(N)nc32)[C@@](F)(CF)[C@@H]1O)Oc1ccccc1. The lowest BCUT2D eigenvalue weighted by atomic mass is 9.97. The molecular formula is C25H32F2N7O7P. The molecule has 42 heavy (non-hydrogen) atoms. The molecule has 14 nitrogen and oxygen atoms in total. The van der Waals surface area contributed by atoms with Gasteiger partial charge in [0, 0.05) is 6.04 Å². The Hall–Kier alpha value is -3.43. The van der Waals surface area contributed by atoms with E-state index in [-0.39, 0.29) is 35.5 Å². The molecule has 228 valence electrons. The van der Waals surface area contributed by atoms with Crippen LogP contribution < -0.4 is 20.7 Å². The van der Waals surface area contributed by atoms with Gasteiger partial charge in [0.2, 0.25) is 11.6 Å². The number of nitrogens with one attached hydrogen (secondary N) is 2. The van der Waals surface area contributed by atoms with Crippen molar-refractivity contribution >= 4 is 36.6 Å². The lowest BCUT2D eigenvalue weighted by molar-refractivity contribution is -0.144. The normalized spacial score (nSPS) is 26.1. The van der Waals surface area contributed by atoms with Crippen LogP contribution in [-0.4, -0.2) is 80.4 Å². The number of imidazole rings is 1. The van der Waals surface area contributed by atoms with Crippen molar-refractivity contribution < 1.29 is 41.8 Å². The molecule has 2 aliphatic rings. The van der Waals surface area contributed by atoms with Gasteiger partial charge in [-0.25, -0.2) is 18.3 Å². The number of aromatic nitrogens is 4. The molecule has 2 aromatic heterocycles. The molecule has 17 heteroatoms. The number of ether oxygens (including phenoxy) is 2. The molecule has 1 aliphatic carbocycles. The minimum Gasteiger partial charge on any atom is -0.465 e. The number of hydrogen-bond acceptors (Lipinski definition) is 12. The van der Waals surface area contributed by atoms with Crippen molar-refractivity contribution in [2.45, 2.75) is 62.9 Å². The highest BCUT2D eigenvalue weighted by molar-refractivity contribution is 7.52. The van der Waals surface area contributed by atoms with Gasteiger partial charge in [-0.3, -0.25) is 13.9 Å². The van der Waals surface area contributed by atoms with Crippen molar-refractivity contribution in [1.29, 1.82) is 0 Å². The Balaban J connectivity index is 1.39. The van der Waals surface area contributed by atoms with E-state index in [4.69, 9.17) is 24.3 Å². The van der Waals surface area contributed by atoms with E-state index in [0.717, 1.165) is 17.4 Å².